The van der Waals surface area contributed by atoms with Crippen LogP contribution in [-0.2, 0) is 14.3 Å². The second-order valence-electron chi connectivity index (χ2n) is 4.94. The summed E-state index contributed by atoms with van der Waals surface area (Å²) in [7, 11) is 1.23. The Morgan fingerprint density at radius 2 is 1.56 bits per heavy atom. The molecule has 1 fully saturated rings. The van der Waals surface area contributed by atoms with Gasteiger partial charge in [0.1, 0.15) is 0 Å². The Balaban J connectivity index is 2.49. The lowest BCUT2D eigenvalue weighted by Gasteiger charge is -2.41. The largest absolute Gasteiger partial charge is 0.462 e. The Labute approximate surface area is 96.3 Å². The average Bonchev–Trinajstić information content (AvgIpc) is 2.26. The number of carbonyl (C=O) groups excluding carboxylic acids is 2. The molecule has 1 heterocycles. The minimum atomic E-state index is -0.774. The summed E-state index contributed by atoms with van der Waals surface area (Å²) in [6.07, 6.45) is 0. The first-order valence-electron chi connectivity index (χ1n) is 5.48. The van der Waals surface area contributed by atoms with Crippen LogP contribution in [0.15, 0.2) is 0 Å². The summed E-state index contributed by atoms with van der Waals surface area (Å²) < 4.78 is 4.42. The van der Waals surface area contributed by atoms with Gasteiger partial charge in [-0.25, -0.2) is 4.79 Å². The van der Waals surface area contributed by atoms with Crippen LogP contribution in [0.25, 0.3) is 0 Å². The van der Waals surface area contributed by atoms with Gasteiger partial charge in [0.2, 0.25) is 0 Å². The molecule has 0 bridgehead atoms. The van der Waals surface area contributed by atoms with Gasteiger partial charge in [-0.2, -0.15) is 0 Å². The van der Waals surface area contributed by atoms with Crippen LogP contribution in [0, 0.1) is 0 Å². The second kappa shape index (κ2) is 4.82. The molecular formula is C11H20N2O3. The fraction of sp³-hybridized carbons (Fsp3) is 0.818. The summed E-state index contributed by atoms with van der Waals surface area (Å²) in [5.41, 5.74) is 0.112. The van der Waals surface area contributed by atoms with E-state index in [1.807, 2.05) is 0 Å². The molecule has 0 saturated carbocycles. The van der Waals surface area contributed by atoms with Crippen LogP contribution >= 0.6 is 0 Å². The summed E-state index contributed by atoms with van der Waals surface area (Å²) in [5, 5.41) is 0. The van der Waals surface area contributed by atoms with Gasteiger partial charge in [-0.15, -0.1) is 0 Å². The van der Waals surface area contributed by atoms with Gasteiger partial charge < -0.3 is 9.64 Å². The summed E-state index contributed by atoms with van der Waals surface area (Å²) in [6, 6.07) is 0. The number of ether oxygens (including phenoxy) is 1. The number of rotatable bonds is 0. The number of carbonyl (C=O) groups is 2. The smallest absolute Gasteiger partial charge is 0.396 e. The van der Waals surface area contributed by atoms with Crippen LogP contribution in [0.1, 0.15) is 20.8 Å². The molecule has 1 aliphatic heterocycles. The third-order valence-electron chi connectivity index (χ3n) is 2.88. The molecule has 0 aromatic heterocycles. The Bertz CT molecular complexity index is 275. The predicted octanol–water partition coefficient (Wildman–Crippen LogP) is 0.102. The quantitative estimate of drug-likeness (QED) is 0.436. The lowest BCUT2D eigenvalue weighted by Crippen LogP contribution is -2.55. The van der Waals surface area contributed by atoms with Crippen molar-refractivity contribution >= 4 is 11.9 Å². The summed E-state index contributed by atoms with van der Waals surface area (Å²) >= 11 is 0. The molecule has 0 N–H and O–H groups in total. The fourth-order valence-corrected chi connectivity index (χ4v) is 1.80. The number of esters is 1. The second-order valence-corrected chi connectivity index (χ2v) is 4.94. The van der Waals surface area contributed by atoms with E-state index in [9.17, 15) is 9.59 Å². The summed E-state index contributed by atoms with van der Waals surface area (Å²) in [6.45, 7) is 9.20. The normalized spacial score (nSPS) is 18.4. The number of nitrogens with zero attached hydrogens (tertiary/aromatic N) is 2. The van der Waals surface area contributed by atoms with Crippen LogP contribution in [0.4, 0.5) is 0 Å². The molecule has 0 aromatic carbocycles. The molecule has 5 nitrogen and oxygen atoms in total. The molecule has 0 unspecified atom stereocenters. The number of methoxy groups -OCH3 is 1. The van der Waals surface area contributed by atoms with E-state index in [-0.39, 0.29) is 5.54 Å². The highest BCUT2D eigenvalue weighted by Gasteiger charge is 2.30. The third kappa shape index (κ3) is 2.95. The Morgan fingerprint density at radius 3 is 1.94 bits per heavy atom. The van der Waals surface area contributed by atoms with Crippen LogP contribution in [-0.4, -0.2) is 60.5 Å². The van der Waals surface area contributed by atoms with Crippen molar-refractivity contribution in [2.45, 2.75) is 26.3 Å². The van der Waals surface area contributed by atoms with Gasteiger partial charge in [-0.3, -0.25) is 9.69 Å². The molecule has 92 valence electrons. The van der Waals surface area contributed by atoms with Crippen molar-refractivity contribution in [2.75, 3.05) is 33.3 Å². The Morgan fingerprint density at radius 1 is 1.06 bits per heavy atom. The van der Waals surface area contributed by atoms with Crippen LogP contribution in [0.2, 0.25) is 0 Å². The third-order valence-corrected chi connectivity index (χ3v) is 2.88. The highest BCUT2D eigenvalue weighted by molar-refractivity contribution is 6.32. The SMILES string of the molecule is COC(=O)C(=O)N1CCN(C(C)(C)C)CC1. The van der Waals surface area contributed by atoms with E-state index in [0.29, 0.717) is 13.1 Å². The highest BCUT2D eigenvalue weighted by Crippen LogP contribution is 2.15. The molecule has 0 aromatic rings. The number of hydrogen-bond acceptors (Lipinski definition) is 4. The van der Waals surface area contributed by atoms with Crippen molar-refractivity contribution in [3.05, 3.63) is 0 Å². The number of piperazine rings is 1. The van der Waals surface area contributed by atoms with E-state index in [0.717, 1.165) is 13.1 Å². The van der Waals surface area contributed by atoms with Crippen LogP contribution in [0.3, 0.4) is 0 Å². The van der Waals surface area contributed by atoms with Gasteiger partial charge in [0.05, 0.1) is 7.11 Å². The molecule has 1 amide bonds. The molecular weight excluding hydrogens is 208 g/mol. The van der Waals surface area contributed by atoms with Crippen LogP contribution < -0.4 is 0 Å². The van der Waals surface area contributed by atoms with Gasteiger partial charge >= 0.3 is 11.9 Å². The first-order valence-corrected chi connectivity index (χ1v) is 5.48. The molecule has 0 atom stereocenters. The monoisotopic (exact) mass is 228 g/mol. The topological polar surface area (TPSA) is 49.9 Å². The van der Waals surface area contributed by atoms with Crippen molar-refractivity contribution < 1.29 is 14.3 Å². The van der Waals surface area contributed by atoms with Crippen molar-refractivity contribution in [3.8, 4) is 0 Å². The van der Waals surface area contributed by atoms with E-state index in [2.05, 4.69) is 30.4 Å². The predicted molar refractivity (Wildman–Crippen MR) is 59.9 cm³/mol. The van der Waals surface area contributed by atoms with E-state index in [1.165, 1.54) is 7.11 Å². The molecule has 0 aliphatic carbocycles. The van der Waals surface area contributed by atoms with Gasteiger partial charge in [0.15, 0.2) is 0 Å². The molecule has 1 rings (SSSR count). The maximum Gasteiger partial charge on any atom is 0.396 e. The zero-order valence-electron chi connectivity index (χ0n) is 10.4. The molecule has 5 heteroatoms. The van der Waals surface area contributed by atoms with Crippen molar-refractivity contribution in [3.63, 3.8) is 0 Å². The zero-order valence-corrected chi connectivity index (χ0v) is 10.4. The van der Waals surface area contributed by atoms with Gasteiger partial charge in [0, 0.05) is 31.7 Å². The number of amides is 1. The molecule has 16 heavy (non-hydrogen) atoms. The van der Waals surface area contributed by atoms with Gasteiger partial charge in [-0.05, 0) is 20.8 Å². The maximum absolute atomic E-state index is 11.5. The van der Waals surface area contributed by atoms with E-state index in [1.54, 1.807) is 4.90 Å². The van der Waals surface area contributed by atoms with Crippen LogP contribution in [0.5, 0.6) is 0 Å². The first-order chi connectivity index (χ1) is 7.36. The molecule has 0 spiro atoms. The first kappa shape index (κ1) is 13.0. The Hall–Kier alpha value is -1.10. The van der Waals surface area contributed by atoms with Gasteiger partial charge in [-0.1, -0.05) is 0 Å². The zero-order chi connectivity index (χ0) is 12.3. The minimum absolute atomic E-state index is 0.112. The maximum atomic E-state index is 11.5. The van der Waals surface area contributed by atoms with Crippen molar-refractivity contribution in [2.24, 2.45) is 0 Å². The summed E-state index contributed by atoms with van der Waals surface area (Å²) in [5.74, 6) is -1.31. The number of hydrogen-bond donors (Lipinski definition) is 0. The van der Waals surface area contributed by atoms with Crippen molar-refractivity contribution in [1.29, 1.82) is 0 Å². The molecule has 0 radical (unpaired) electrons. The summed E-state index contributed by atoms with van der Waals surface area (Å²) in [4.78, 5) is 26.4. The average molecular weight is 228 g/mol. The fourth-order valence-electron chi connectivity index (χ4n) is 1.80. The molecule has 1 aliphatic rings. The van der Waals surface area contributed by atoms with E-state index < -0.39 is 11.9 Å². The standard InChI is InChI=1S/C11H20N2O3/c1-11(2,3)13-7-5-12(6-8-13)9(14)10(15)16-4/h5-8H2,1-4H3. The van der Waals surface area contributed by atoms with Gasteiger partial charge in [0.25, 0.3) is 0 Å². The van der Waals surface area contributed by atoms with E-state index in [4.69, 9.17) is 0 Å². The van der Waals surface area contributed by atoms with E-state index >= 15 is 0 Å². The Kier molecular flexibility index (Phi) is 3.91. The lowest BCUT2D eigenvalue weighted by molar-refractivity contribution is -0.159. The highest BCUT2D eigenvalue weighted by atomic mass is 16.5. The lowest BCUT2D eigenvalue weighted by atomic mass is 10.1. The van der Waals surface area contributed by atoms with Crippen molar-refractivity contribution in [1.82, 2.24) is 9.80 Å². The minimum Gasteiger partial charge on any atom is -0.462 e. The molecule has 1 saturated heterocycles.